The zero-order valence-electron chi connectivity index (χ0n) is 12.6. The molecule has 24 heavy (non-hydrogen) atoms. The average Bonchev–Trinajstić information content (AvgIpc) is 3.01. The van der Waals surface area contributed by atoms with E-state index in [0.717, 1.165) is 6.07 Å². The summed E-state index contributed by atoms with van der Waals surface area (Å²) in [5.41, 5.74) is -0.627. The van der Waals surface area contributed by atoms with Gasteiger partial charge in [-0.05, 0) is 30.0 Å². The molecule has 1 unspecified atom stereocenters. The SMILES string of the molecule is CC1(COC(=O)Nc2cccc(F)c2)Cn2cc([N+](=O)[O-])nc2O1. The van der Waals surface area contributed by atoms with Gasteiger partial charge in [-0.25, -0.2) is 9.18 Å². The largest absolute Gasteiger partial charge is 0.445 e. The lowest BCUT2D eigenvalue weighted by Gasteiger charge is -2.21. The first-order valence-electron chi connectivity index (χ1n) is 6.95. The molecule has 3 rings (SSSR count). The lowest BCUT2D eigenvalue weighted by atomic mass is 10.1. The number of aromatic nitrogens is 2. The summed E-state index contributed by atoms with van der Waals surface area (Å²) in [6.45, 7) is 1.82. The minimum absolute atomic E-state index is 0.0957. The van der Waals surface area contributed by atoms with Crippen LogP contribution in [-0.2, 0) is 11.3 Å². The number of benzene rings is 1. The smallest absolute Gasteiger partial charge is 0.415 e. The van der Waals surface area contributed by atoms with Gasteiger partial charge in [-0.2, -0.15) is 0 Å². The van der Waals surface area contributed by atoms with Crippen LogP contribution in [0.2, 0.25) is 0 Å². The lowest BCUT2D eigenvalue weighted by Crippen LogP contribution is -2.38. The Labute approximate surface area is 135 Å². The Hall–Kier alpha value is -3.17. The maximum Gasteiger partial charge on any atom is 0.415 e. The first-order chi connectivity index (χ1) is 11.3. The minimum Gasteiger partial charge on any atom is -0.445 e. The van der Waals surface area contributed by atoms with Crippen LogP contribution < -0.4 is 10.1 Å². The van der Waals surface area contributed by atoms with Crippen LogP contribution in [0.25, 0.3) is 0 Å². The number of imidazole rings is 1. The van der Waals surface area contributed by atoms with Crippen LogP contribution in [0, 0.1) is 15.9 Å². The highest BCUT2D eigenvalue weighted by Crippen LogP contribution is 2.31. The quantitative estimate of drug-likeness (QED) is 0.678. The first-order valence-corrected chi connectivity index (χ1v) is 6.95. The van der Waals surface area contributed by atoms with E-state index in [1.165, 1.54) is 29.0 Å². The first kappa shape index (κ1) is 15.7. The number of nitrogens with one attached hydrogen (secondary N) is 1. The molecule has 9 nitrogen and oxygen atoms in total. The van der Waals surface area contributed by atoms with Crippen molar-refractivity contribution in [3.05, 3.63) is 46.4 Å². The summed E-state index contributed by atoms with van der Waals surface area (Å²) in [5.74, 6) is -0.789. The average molecular weight is 336 g/mol. The molecule has 1 aromatic carbocycles. The molecule has 126 valence electrons. The molecular formula is C14H13FN4O5. The third-order valence-corrected chi connectivity index (χ3v) is 3.34. The summed E-state index contributed by atoms with van der Waals surface area (Å²) in [5, 5.41) is 13.0. The zero-order valence-corrected chi connectivity index (χ0v) is 12.6. The van der Waals surface area contributed by atoms with E-state index in [4.69, 9.17) is 9.47 Å². The van der Waals surface area contributed by atoms with Crippen LogP contribution in [0.15, 0.2) is 30.5 Å². The van der Waals surface area contributed by atoms with Crippen molar-refractivity contribution in [3.8, 4) is 6.01 Å². The Morgan fingerprint density at radius 2 is 2.42 bits per heavy atom. The van der Waals surface area contributed by atoms with Crippen LogP contribution >= 0.6 is 0 Å². The maximum absolute atomic E-state index is 13.0. The van der Waals surface area contributed by atoms with Gasteiger partial charge in [0, 0.05) is 10.7 Å². The standard InChI is InChI=1S/C14H13FN4O5/c1-14(7-18-6-11(19(21)22)17-12(18)24-14)8-23-13(20)16-10-4-2-3-9(15)5-10/h2-6H,7-8H2,1H3,(H,16,20). The number of nitrogens with zero attached hydrogens (tertiary/aromatic N) is 3. The van der Waals surface area contributed by atoms with Gasteiger partial charge in [-0.3, -0.25) is 9.88 Å². The van der Waals surface area contributed by atoms with Crippen LogP contribution in [0.1, 0.15) is 6.92 Å². The van der Waals surface area contributed by atoms with Crippen LogP contribution in [0.4, 0.5) is 20.7 Å². The number of nitro groups is 1. The Kier molecular flexibility index (Phi) is 3.80. The third kappa shape index (κ3) is 3.26. The van der Waals surface area contributed by atoms with E-state index >= 15 is 0 Å². The monoisotopic (exact) mass is 336 g/mol. The molecule has 10 heteroatoms. The van der Waals surface area contributed by atoms with Crippen molar-refractivity contribution in [1.29, 1.82) is 0 Å². The van der Waals surface area contributed by atoms with Gasteiger partial charge in [0.15, 0.2) is 5.60 Å². The highest BCUT2D eigenvalue weighted by molar-refractivity contribution is 5.84. The molecule has 0 saturated heterocycles. The third-order valence-electron chi connectivity index (χ3n) is 3.34. The normalized spacial score (nSPS) is 18.6. The number of hydrogen-bond acceptors (Lipinski definition) is 6. The van der Waals surface area contributed by atoms with E-state index in [1.807, 2.05) is 0 Å². The molecule has 0 radical (unpaired) electrons. The number of amides is 1. The van der Waals surface area contributed by atoms with Crippen molar-refractivity contribution < 1.29 is 23.6 Å². The fourth-order valence-electron chi connectivity index (χ4n) is 2.29. The van der Waals surface area contributed by atoms with Gasteiger partial charge < -0.3 is 19.6 Å². The van der Waals surface area contributed by atoms with Gasteiger partial charge in [0.25, 0.3) is 0 Å². The van der Waals surface area contributed by atoms with Crippen LogP contribution in [0.3, 0.4) is 0 Å². The van der Waals surface area contributed by atoms with Crippen molar-refractivity contribution in [1.82, 2.24) is 9.55 Å². The molecule has 0 saturated carbocycles. The van der Waals surface area contributed by atoms with E-state index in [1.54, 1.807) is 6.92 Å². The highest BCUT2D eigenvalue weighted by atomic mass is 19.1. The van der Waals surface area contributed by atoms with E-state index in [0.29, 0.717) is 0 Å². The molecule has 0 aliphatic carbocycles. The summed E-state index contributed by atoms with van der Waals surface area (Å²) in [6.07, 6.45) is 0.494. The maximum atomic E-state index is 13.0. The number of rotatable bonds is 4. The molecule has 0 spiro atoms. The highest BCUT2D eigenvalue weighted by Gasteiger charge is 2.41. The van der Waals surface area contributed by atoms with Crippen LogP contribution in [-0.4, -0.2) is 32.8 Å². The molecule has 1 N–H and O–H groups in total. The number of halogens is 1. The molecule has 1 atom stereocenters. The number of ether oxygens (including phenoxy) is 2. The molecule has 0 bridgehead atoms. The summed E-state index contributed by atoms with van der Waals surface area (Å²) in [6, 6.07) is 5.48. The molecule has 2 heterocycles. The van der Waals surface area contributed by atoms with E-state index in [-0.39, 0.29) is 30.7 Å². The summed E-state index contributed by atoms with van der Waals surface area (Å²) >= 11 is 0. The van der Waals surface area contributed by atoms with E-state index < -0.39 is 22.4 Å². The van der Waals surface area contributed by atoms with Gasteiger partial charge in [0.1, 0.15) is 18.6 Å². The second kappa shape index (κ2) is 5.80. The zero-order chi connectivity index (χ0) is 17.3. The molecule has 2 aromatic rings. The van der Waals surface area contributed by atoms with Crippen molar-refractivity contribution in [2.45, 2.75) is 19.1 Å². The fraction of sp³-hybridized carbons (Fsp3) is 0.286. The lowest BCUT2D eigenvalue weighted by molar-refractivity contribution is -0.389. The summed E-state index contributed by atoms with van der Waals surface area (Å²) in [4.78, 5) is 25.5. The predicted molar refractivity (Wildman–Crippen MR) is 79.3 cm³/mol. The summed E-state index contributed by atoms with van der Waals surface area (Å²) in [7, 11) is 0. The molecule has 1 aromatic heterocycles. The summed E-state index contributed by atoms with van der Waals surface area (Å²) < 4.78 is 25.1. The van der Waals surface area contributed by atoms with Crippen molar-refractivity contribution in [2.75, 3.05) is 11.9 Å². The van der Waals surface area contributed by atoms with E-state index in [2.05, 4.69) is 10.3 Å². The number of carbonyl (C=O) groups excluding carboxylic acids is 1. The molecule has 1 amide bonds. The number of anilines is 1. The van der Waals surface area contributed by atoms with Gasteiger partial charge in [-0.15, -0.1) is 0 Å². The number of hydrogen-bond donors (Lipinski definition) is 1. The van der Waals surface area contributed by atoms with Crippen molar-refractivity contribution >= 4 is 17.6 Å². The molecule has 1 aliphatic rings. The van der Waals surface area contributed by atoms with Gasteiger partial charge in [0.2, 0.25) is 0 Å². The van der Waals surface area contributed by atoms with Crippen molar-refractivity contribution in [2.24, 2.45) is 0 Å². The number of fused-ring (bicyclic) bond motifs is 1. The second-order valence-corrected chi connectivity index (χ2v) is 5.53. The van der Waals surface area contributed by atoms with Gasteiger partial charge in [-0.1, -0.05) is 6.07 Å². The Bertz CT molecular complexity index is 783. The van der Waals surface area contributed by atoms with Crippen LogP contribution in [0.5, 0.6) is 6.01 Å². The minimum atomic E-state index is -0.892. The van der Waals surface area contributed by atoms with E-state index in [9.17, 15) is 19.3 Å². The molecular weight excluding hydrogens is 323 g/mol. The fourth-order valence-corrected chi connectivity index (χ4v) is 2.29. The predicted octanol–water partition coefficient (Wildman–Crippen LogP) is 2.33. The number of carbonyl (C=O) groups is 1. The van der Waals surface area contributed by atoms with Gasteiger partial charge in [0.05, 0.1) is 6.54 Å². The Balaban J connectivity index is 1.56. The molecule has 1 aliphatic heterocycles. The Morgan fingerprint density at radius 3 is 3.08 bits per heavy atom. The van der Waals surface area contributed by atoms with Gasteiger partial charge >= 0.3 is 17.9 Å². The molecule has 0 fully saturated rings. The Morgan fingerprint density at radius 1 is 1.62 bits per heavy atom. The van der Waals surface area contributed by atoms with Crippen molar-refractivity contribution in [3.63, 3.8) is 0 Å². The second-order valence-electron chi connectivity index (χ2n) is 5.53. The topological polar surface area (TPSA) is 109 Å².